The number of halogens is 1. The van der Waals surface area contributed by atoms with Gasteiger partial charge in [0.05, 0.1) is 15.3 Å². The number of nitro groups is 1. The van der Waals surface area contributed by atoms with Crippen LogP contribution in [0.25, 0.3) is 0 Å². The molecule has 3 N–H and O–H groups in total. The summed E-state index contributed by atoms with van der Waals surface area (Å²) in [5.41, 5.74) is 5.30. The van der Waals surface area contributed by atoms with Gasteiger partial charge >= 0.3 is 5.00 Å². The van der Waals surface area contributed by atoms with Crippen molar-refractivity contribution in [3.8, 4) is 0 Å². The Hall–Kier alpha value is -1.18. The summed E-state index contributed by atoms with van der Waals surface area (Å²) in [6.07, 6.45) is 2.14. The minimum Gasteiger partial charge on any atom is -0.345 e. The Kier molecular flexibility index (Phi) is 4.89. The molecule has 6 nitrogen and oxygen atoms in total. The summed E-state index contributed by atoms with van der Waals surface area (Å²) in [7, 11) is 0. The summed E-state index contributed by atoms with van der Waals surface area (Å²) in [5, 5.41) is 13.4. The van der Waals surface area contributed by atoms with E-state index in [1.807, 2.05) is 6.92 Å². The number of hydrogen-bond donors (Lipinski definition) is 2. The highest BCUT2D eigenvalue weighted by molar-refractivity contribution is 7.17. The minimum atomic E-state index is -0.496. The third-order valence-electron chi connectivity index (χ3n) is 3.30. The zero-order valence-corrected chi connectivity index (χ0v) is 12.1. The second-order valence-corrected chi connectivity index (χ2v) is 5.81. The maximum absolute atomic E-state index is 12.0. The van der Waals surface area contributed by atoms with E-state index in [4.69, 9.17) is 5.73 Å². The normalized spacial score (nSPS) is 17.2. The fourth-order valence-electron chi connectivity index (χ4n) is 1.91. The number of carbonyl (C=O) groups excluding carboxylic acids is 1. The van der Waals surface area contributed by atoms with Crippen LogP contribution in [-0.2, 0) is 0 Å². The Bertz CT molecular complexity index is 489. The highest BCUT2D eigenvalue weighted by Gasteiger charge is 2.41. The van der Waals surface area contributed by atoms with Crippen molar-refractivity contribution in [3.05, 3.63) is 27.1 Å². The quantitative estimate of drug-likeness (QED) is 0.641. The van der Waals surface area contributed by atoms with Crippen molar-refractivity contribution >= 4 is 34.7 Å². The minimum absolute atomic E-state index is 0. The molecule has 1 saturated carbocycles. The summed E-state index contributed by atoms with van der Waals surface area (Å²) >= 11 is 0.880. The highest BCUT2D eigenvalue weighted by Crippen LogP contribution is 2.39. The summed E-state index contributed by atoms with van der Waals surface area (Å²) in [5.74, 6) is 0.134. The molecule has 2 rings (SSSR count). The molecule has 106 valence electrons. The smallest absolute Gasteiger partial charge is 0.324 e. The maximum Gasteiger partial charge on any atom is 0.324 e. The lowest BCUT2D eigenvalue weighted by atomic mass is 9.96. The standard InChI is InChI=1S/C11H15N3O3S.ClH/c1-11(6-12,7-2-3-7)13-10(15)8-4-5-9(18-8)14(16)17;/h4-5,7H,2-3,6,12H2,1H3,(H,13,15);1H. The molecule has 1 amide bonds. The van der Waals surface area contributed by atoms with Crippen molar-refractivity contribution in [2.75, 3.05) is 6.54 Å². The molecular weight excluding hydrogens is 290 g/mol. The van der Waals surface area contributed by atoms with E-state index < -0.39 is 10.5 Å². The molecule has 1 unspecified atom stereocenters. The van der Waals surface area contributed by atoms with Gasteiger partial charge in [-0.1, -0.05) is 11.3 Å². The third-order valence-corrected chi connectivity index (χ3v) is 4.33. The van der Waals surface area contributed by atoms with E-state index >= 15 is 0 Å². The summed E-state index contributed by atoms with van der Waals surface area (Å²) in [4.78, 5) is 22.4. The van der Waals surface area contributed by atoms with Crippen molar-refractivity contribution in [2.45, 2.75) is 25.3 Å². The Balaban J connectivity index is 0.00000180. The zero-order valence-electron chi connectivity index (χ0n) is 10.4. The molecule has 1 aliphatic carbocycles. The van der Waals surface area contributed by atoms with Gasteiger partial charge in [-0.2, -0.15) is 0 Å². The number of amides is 1. The number of nitrogens with one attached hydrogen (secondary N) is 1. The van der Waals surface area contributed by atoms with Gasteiger partial charge in [-0.05, 0) is 31.7 Å². The van der Waals surface area contributed by atoms with E-state index in [2.05, 4.69) is 5.32 Å². The van der Waals surface area contributed by atoms with Gasteiger partial charge in [-0.15, -0.1) is 12.4 Å². The first-order valence-corrected chi connectivity index (χ1v) is 6.55. The van der Waals surface area contributed by atoms with Gasteiger partial charge in [0.25, 0.3) is 5.91 Å². The lowest BCUT2D eigenvalue weighted by Crippen LogP contribution is -2.53. The zero-order chi connectivity index (χ0) is 13.3. The number of nitrogens with zero attached hydrogens (tertiary/aromatic N) is 1. The Morgan fingerprint density at radius 2 is 2.26 bits per heavy atom. The summed E-state index contributed by atoms with van der Waals surface area (Å²) in [6.45, 7) is 2.29. The number of hydrogen-bond acceptors (Lipinski definition) is 5. The van der Waals surface area contributed by atoms with Gasteiger partial charge in [0.2, 0.25) is 0 Å². The second kappa shape index (κ2) is 5.85. The molecule has 0 radical (unpaired) electrons. The van der Waals surface area contributed by atoms with Crippen LogP contribution in [0, 0.1) is 16.0 Å². The van der Waals surface area contributed by atoms with Crippen LogP contribution in [0.1, 0.15) is 29.4 Å². The van der Waals surface area contributed by atoms with E-state index in [1.54, 1.807) is 0 Å². The van der Waals surface area contributed by atoms with Crippen LogP contribution in [0.15, 0.2) is 12.1 Å². The fraction of sp³-hybridized carbons (Fsp3) is 0.545. The number of thiophene rings is 1. The van der Waals surface area contributed by atoms with Crippen LogP contribution >= 0.6 is 23.7 Å². The molecule has 0 aliphatic heterocycles. The first-order valence-electron chi connectivity index (χ1n) is 5.73. The Morgan fingerprint density at radius 3 is 2.68 bits per heavy atom. The van der Waals surface area contributed by atoms with Gasteiger partial charge < -0.3 is 11.1 Å². The first kappa shape index (κ1) is 15.9. The molecule has 8 heteroatoms. The Morgan fingerprint density at radius 1 is 1.63 bits per heavy atom. The molecule has 1 aromatic rings. The van der Waals surface area contributed by atoms with Crippen LogP contribution in [0.2, 0.25) is 0 Å². The van der Waals surface area contributed by atoms with E-state index in [-0.39, 0.29) is 23.3 Å². The predicted octanol–water partition coefficient (Wildman–Crippen LogP) is 1.94. The SMILES string of the molecule is CC(CN)(NC(=O)c1ccc([N+](=O)[O-])s1)C1CC1.Cl. The van der Waals surface area contributed by atoms with Gasteiger partial charge in [-0.25, -0.2) is 0 Å². The van der Waals surface area contributed by atoms with Gasteiger partial charge in [-0.3, -0.25) is 14.9 Å². The molecule has 1 fully saturated rings. The highest BCUT2D eigenvalue weighted by atomic mass is 35.5. The molecule has 1 aliphatic rings. The van der Waals surface area contributed by atoms with Gasteiger partial charge in [0.1, 0.15) is 0 Å². The van der Waals surface area contributed by atoms with Crippen molar-refractivity contribution in [3.63, 3.8) is 0 Å². The monoisotopic (exact) mass is 305 g/mol. The van der Waals surface area contributed by atoms with Crippen LogP contribution in [0.4, 0.5) is 5.00 Å². The molecule has 0 aromatic carbocycles. The predicted molar refractivity (Wildman–Crippen MR) is 75.9 cm³/mol. The lowest BCUT2D eigenvalue weighted by Gasteiger charge is -2.29. The third kappa shape index (κ3) is 3.43. The second-order valence-electron chi connectivity index (χ2n) is 4.74. The van der Waals surface area contributed by atoms with E-state index in [0.717, 1.165) is 24.2 Å². The van der Waals surface area contributed by atoms with Crippen molar-refractivity contribution in [1.82, 2.24) is 5.32 Å². The molecule has 1 atom stereocenters. The number of nitrogens with two attached hydrogens (primary N) is 1. The fourth-order valence-corrected chi connectivity index (χ4v) is 2.62. The van der Waals surface area contributed by atoms with E-state index in [1.165, 1.54) is 12.1 Å². The Labute approximate surface area is 120 Å². The number of carbonyl (C=O) groups is 1. The molecule has 0 bridgehead atoms. The van der Waals surface area contributed by atoms with Crippen LogP contribution in [0.5, 0.6) is 0 Å². The average molecular weight is 306 g/mol. The van der Waals surface area contributed by atoms with Crippen molar-refractivity contribution < 1.29 is 9.72 Å². The number of rotatable bonds is 5. The summed E-state index contributed by atoms with van der Waals surface area (Å²) in [6, 6.07) is 2.82. The molecule has 0 spiro atoms. The average Bonchev–Trinajstić information content (AvgIpc) is 3.06. The summed E-state index contributed by atoms with van der Waals surface area (Å²) < 4.78 is 0. The molecule has 0 saturated heterocycles. The van der Waals surface area contributed by atoms with Crippen LogP contribution in [-0.4, -0.2) is 22.9 Å². The lowest BCUT2D eigenvalue weighted by molar-refractivity contribution is -0.380. The first-order chi connectivity index (χ1) is 8.46. The largest absolute Gasteiger partial charge is 0.345 e. The molecule has 1 aromatic heterocycles. The topological polar surface area (TPSA) is 98.3 Å². The van der Waals surface area contributed by atoms with Crippen LogP contribution in [0.3, 0.4) is 0 Å². The maximum atomic E-state index is 12.0. The van der Waals surface area contributed by atoms with E-state index in [9.17, 15) is 14.9 Å². The van der Waals surface area contributed by atoms with Gasteiger partial charge in [0.15, 0.2) is 0 Å². The van der Waals surface area contributed by atoms with Crippen molar-refractivity contribution in [1.29, 1.82) is 0 Å². The van der Waals surface area contributed by atoms with Crippen LogP contribution < -0.4 is 11.1 Å². The van der Waals surface area contributed by atoms with Crippen molar-refractivity contribution in [2.24, 2.45) is 11.7 Å². The van der Waals surface area contributed by atoms with Gasteiger partial charge in [0, 0.05) is 12.6 Å². The molecule has 19 heavy (non-hydrogen) atoms. The van der Waals surface area contributed by atoms with E-state index in [0.29, 0.717) is 17.3 Å². The molecular formula is C11H16ClN3O3S. The molecule has 1 heterocycles.